The fraction of sp³-hybridized carbons (Fsp3) is 0.542. The number of benzene rings is 2. The number of aliphatic hydroxyl groups excluding tert-OH is 2. The number of nitrogens with zero attached hydrogens (tertiary/aromatic N) is 2. The van der Waals surface area contributed by atoms with Crippen molar-refractivity contribution in [3.8, 4) is 5.75 Å². The summed E-state index contributed by atoms with van der Waals surface area (Å²) in [7, 11) is 0. The van der Waals surface area contributed by atoms with Crippen molar-refractivity contribution in [2.45, 2.75) is 159 Å². The second-order valence-electron chi connectivity index (χ2n) is 22.8. The molecule has 1 aliphatic heterocycles. The molecule has 11 amide bonds. The van der Waals surface area contributed by atoms with E-state index in [0.29, 0.717) is 12.0 Å². The van der Waals surface area contributed by atoms with Crippen molar-refractivity contribution >= 4 is 76.1 Å². The molecule has 476 valence electrons. The minimum absolute atomic E-state index is 0.0155. The number of aliphatic imine (C=N–C) groups is 1. The number of para-hydroxylation sites is 1. The number of aromatic hydroxyl groups is 1. The number of hydrogen-bond acceptors (Lipinski definition) is 14. The average Bonchev–Trinajstić information content (AvgIpc) is 2.14. The quantitative estimate of drug-likeness (QED) is 0.0146. The highest BCUT2D eigenvalue weighted by molar-refractivity contribution is 5.98. The first-order valence-electron chi connectivity index (χ1n) is 29.4. The molecule has 2 heterocycles. The summed E-state index contributed by atoms with van der Waals surface area (Å²) in [5.41, 5.74) is 24.3. The number of carbonyl (C=O) groups excluding carboxylic acids is 10. The van der Waals surface area contributed by atoms with Gasteiger partial charge in [-0.2, -0.15) is 0 Å². The first kappa shape index (κ1) is 69.0. The third kappa shape index (κ3) is 22.2. The number of H-pyrrole nitrogens is 1. The largest absolute Gasteiger partial charge is 0.508 e. The lowest BCUT2D eigenvalue weighted by atomic mass is 9.84. The van der Waals surface area contributed by atoms with E-state index in [9.17, 15) is 63.3 Å². The number of aromatic amines is 1. The third-order valence-corrected chi connectivity index (χ3v) is 15.2. The van der Waals surface area contributed by atoms with E-state index in [1.54, 1.807) is 30.5 Å². The highest BCUT2D eigenvalue weighted by atomic mass is 16.3. The Morgan fingerprint density at radius 2 is 1.41 bits per heavy atom. The molecule has 87 heavy (non-hydrogen) atoms. The van der Waals surface area contributed by atoms with Crippen LogP contribution in [0.2, 0.25) is 0 Å². The first-order valence-corrected chi connectivity index (χ1v) is 29.4. The molecule has 1 aromatic heterocycles. The van der Waals surface area contributed by atoms with Crippen LogP contribution in [0.25, 0.3) is 10.9 Å². The molecule has 0 spiro atoms. The van der Waals surface area contributed by atoms with Gasteiger partial charge in [-0.1, -0.05) is 88.4 Å². The maximum Gasteiger partial charge on any atom is 0.312 e. The normalized spacial score (nSPS) is 17.9. The molecule has 1 saturated carbocycles. The Hall–Kier alpha value is -8.79. The third-order valence-electron chi connectivity index (χ3n) is 15.2. The average molecular weight is 1210 g/mol. The standard InChI is InChI=1S/C59H87N15O13/c1-32(2)24-37(51(80)69-43(17-11-23-65-58(61)62)53(82)70-44(50(60)79)27-38-29-66-42-16-9-8-15-41(38)42)14-10-22-64-52(81)45(25-35-12-6-5-7-13-35)71-56(85)49(33(3)75)73-54(83)47(30-67-59(63)87)72-55(84)48-28-40(78)31-74(48)57(86)46(68-34(4)76)26-36-18-20-39(77)21-19-36/h8-10,14-16,18-21,29,32-33,35,37,40,43-49,66,75,77-78H,5-7,11-13,17,22-28,30-31H2,1-4H3,(H2,60,79)(H,64,81)(H,68,76)(H,69,80)(H,70,82)(H,71,85)(H,72,84)(H,73,83)(H4,61,62,65)(H3,63,67,87)/b14-10+/t33-,37+,40-,43+,44+,45+,46-,47+,48+,49+/m1/s1. The monoisotopic (exact) mass is 1210 g/mol. The van der Waals surface area contributed by atoms with Crippen LogP contribution >= 0.6 is 0 Å². The van der Waals surface area contributed by atoms with Crippen molar-refractivity contribution in [1.82, 2.24) is 52.4 Å². The van der Waals surface area contributed by atoms with Crippen LogP contribution < -0.4 is 65.5 Å². The summed E-state index contributed by atoms with van der Waals surface area (Å²) in [6.07, 6.45) is 7.01. The predicted molar refractivity (Wildman–Crippen MR) is 322 cm³/mol. The number of aliphatic hydroxyl groups is 2. The summed E-state index contributed by atoms with van der Waals surface area (Å²) in [5, 5.41) is 53.0. The number of carbonyl (C=O) groups is 10. The topological polar surface area (TPSA) is 463 Å². The van der Waals surface area contributed by atoms with Crippen molar-refractivity contribution in [2.24, 2.45) is 45.7 Å². The highest BCUT2D eigenvalue weighted by Crippen LogP contribution is 2.28. The van der Waals surface area contributed by atoms with Gasteiger partial charge in [-0.25, -0.2) is 4.79 Å². The molecule has 0 radical (unpaired) electrons. The molecule has 20 N–H and O–H groups in total. The zero-order valence-corrected chi connectivity index (χ0v) is 49.7. The molecule has 2 aliphatic rings. The summed E-state index contributed by atoms with van der Waals surface area (Å²) in [6, 6.07) is 2.71. The van der Waals surface area contributed by atoms with E-state index in [-0.39, 0.29) is 81.7 Å². The summed E-state index contributed by atoms with van der Waals surface area (Å²) in [5.74, 6) is -7.92. The Balaban J connectivity index is 1.28. The smallest absolute Gasteiger partial charge is 0.312 e. The van der Waals surface area contributed by atoms with Crippen LogP contribution in [0, 0.1) is 17.8 Å². The minimum atomic E-state index is -1.74. The second-order valence-corrected chi connectivity index (χ2v) is 22.8. The Labute approximate surface area is 505 Å². The lowest BCUT2D eigenvalue weighted by Gasteiger charge is -2.31. The predicted octanol–water partition coefficient (Wildman–Crippen LogP) is -1.56. The van der Waals surface area contributed by atoms with E-state index < -0.39 is 126 Å². The van der Waals surface area contributed by atoms with E-state index in [2.05, 4.69) is 52.5 Å². The minimum Gasteiger partial charge on any atom is -0.508 e. The van der Waals surface area contributed by atoms with Gasteiger partial charge in [-0.3, -0.25) is 48.1 Å². The molecule has 28 heteroatoms. The maximum atomic E-state index is 14.2. The van der Waals surface area contributed by atoms with Crippen molar-refractivity contribution in [1.29, 1.82) is 0 Å². The Kier molecular flexibility index (Phi) is 26.8. The number of nitrogens with one attached hydrogen (secondary N) is 9. The SMILES string of the molecule is CC(=O)N[C@H](Cc1ccc(O)cc1)C(=O)N1C[C@H](O)C[C@H]1C(=O)N[C@@H](CNC(N)=O)C(=O)N[C@H](C(=O)N[C@@H](CC1CCCCC1)C(=O)NC/C=C/[C@@H](CC(C)C)C(=O)N[C@@H](CCCN=C(N)N)C(=O)N[C@@H](Cc1c[nH]c2ccccc12)C(N)=O)[C@@H](C)O. The molecule has 10 atom stereocenters. The number of hydrogen-bond donors (Lipinski definition) is 16. The van der Waals surface area contributed by atoms with Gasteiger partial charge in [0, 0.05) is 69.5 Å². The van der Waals surface area contributed by atoms with Gasteiger partial charge in [0.25, 0.3) is 0 Å². The van der Waals surface area contributed by atoms with Crippen molar-refractivity contribution in [3.63, 3.8) is 0 Å². The van der Waals surface area contributed by atoms with E-state index in [4.69, 9.17) is 22.9 Å². The number of phenolic OH excluding ortho intramolecular Hbond substituents is 1. The van der Waals surface area contributed by atoms with Gasteiger partial charge in [0.1, 0.15) is 48.0 Å². The van der Waals surface area contributed by atoms with Crippen LogP contribution in [0.15, 0.2) is 71.9 Å². The van der Waals surface area contributed by atoms with E-state index in [1.165, 1.54) is 26.0 Å². The zero-order valence-electron chi connectivity index (χ0n) is 49.7. The van der Waals surface area contributed by atoms with Crippen LogP contribution in [0.1, 0.15) is 103 Å². The molecule has 2 aromatic carbocycles. The van der Waals surface area contributed by atoms with Crippen molar-refractivity contribution in [2.75, 3.05) is 26.2 Å². The van der Waals surface area contributed by atoms with Crippen LogP contribution in [0.5, 0.6) is 5.75 Å². The molecule has 0 unspecified atom stereocenters. The highest BCUT2D eigenvalue weighted by Gasteiger charge is 2.43. The number of likely N-dealkylation sites (tertiary alicyclic amines) is 1. The number of aromatic nitrogens is 1. The van der Waals surface area contributed by atoms with Gasteiger partial charge in [-0.05, 0) is 73.8 Å². The summed E-state index contributed by atoms with van der Waals surface area (Å²) < 4.78 is 0. The van der Waals surface area contributed by atoms with Gasteiger partial charge < -0.3 is 90.7 Å². The molecular formula is C59H87N15O13. The van der Waals surface area contributed by atoms with E-state index in [0.717, 1.165) is 53.5 Å². The number of nitrogens with two attached hydrogens (primary N) is 4. The van der Waals surface area contributed by atoms with Gasteiger partial charge in [-0.15, -0.1) is 0 Å². The molecule has 1 saturated heterocycles. The number of urea groups is 1. The summed E-state index contributed by atoms with van der Waals surface area (Å²) in [6.45, 7) is 5.28. The zero-order chi connectivity index (χ0) is 63.9. The van der Waals surface area contributed by atoms with Gasteiger partial charge in [0.05, 0.1) is 18.1 Å². The second kappa shape index (κ2) is 33.8. The molecule has 0 bridgehead atoms. The fourth-order valence-corrected chi connectivity index (χ4v) is 10.8. The maximum absolute atomic E-state index is 14.2. The van der Waals surface area contributed by atoms with Gasteiger partial charge in [0.2, 0.25) is 53.2 Å². The number of fused-ring (bicyclic) bond motifs is 1. The van der Waals surface area contributed by atoms with E-state index >= 15 is 0 Å². The molecular weight excluding hydrogens is 1130 g/mol. The van der Waals surface area contributed by atoms with Crippen LogP contribution in [-0.2, 0) is 56.0 Å². The van der Waals surface area contributed by atoms with Crippen LogP contribution in [-0.4, -0.2) is 171 Å². The Morgan fingerprint density at radius 1 is 0.747 bits per heavy atom. The molecule has 1 aliphatic carbocycles. The number of phenols is 1. The van der Waals surface area contributed by atoms with Crippen molar-refractivity contribution in [3.05, 3.63) is 78.0 Å². The molecule has 5 rings (SSSR count). The number of β-amino-alcohol motifs (C(OH)–C–C–N with tert-alkyl or cyclic N) is 1. The summed E-state index contributed by atoms with van der Waals surface area (Å²) >= 11 is 0. The van der Waals surface area contributed by atoms with Gasteiger partial charge >= 0.3 is 6.03 Å². The first-order chi connectivity index (χ1) is 41.3. The Morgan fingerprint density at radius 3 is 2.06 bits per heavy atom. The van der Waals surface area contributed by atoms with Crippen LogP contribution in [0.4, 0.5) is 4.79 Å². The number of primary amides is 2. The number of guanidine groups is 1. The molecule has 3 aromatic rings. The molecule has 28 nitrogen and oxygen atoms in total. The number of amides is 11. The van der Waals surface area contributed by atoms with E-state index in [1.807, 2.05) is 38.1 Å². The lowest BCUT2D eigenvalue weighted by molar-refractivity contribution is -0.142. The van der Waals surface area contributed by atoms with Gasteiger partial charge in [0.15, 0.2) is 5.96 Å². The number of rotatable bonds is 32. The lowest BCUT2D eigenvalue weighted by Crippen LogP contribution is -2.62. The fourth-order valence-electron chi connectivity index (χ4n) is 10.8. The summed E-state index contributed by atoms with van der Waals surface area (Å²) in [4.78, 5) is 144. The van der Waals surface area contributed by atoms with Crippen LogP contribution in [0.3, 0.4) is 0 Å². The Bertz CT molecular complexity index is 2920. The van der Waals surface area contributed by atoms with Crippen molar-refractivity contribution < 1.29 is 63.3 Å². The molecule has 2 fully saturated rings.